The third-order valence-corrected chi connectivity index (χ3v) is 5.64. The van der Waals surface area contributed by atoms with Gasteiger partial charge >= 0.3 is 6.09 Å². The van der Waals surface area contributed by atoms with Crippen molar-refractivity contribution < 1.29 is 14.3 Å². The topological polar surface area (TPSA) is 82.7 Å². The number of hydrogen-bond donors (Lipinski definition) is 3. The molecule has 0 aromatic heterocycles. The van der Waals surface area contributed by atoms with Crippen LogP contribution in [0.5, 0.6) is 0 Å². The second kappa shape index (κ2) is 11.3. The Balaban J connectivity index is 1.54. The van der Waals surface area contributed by atoms with Crippen molar-refractivity contribution in [1.29, 1.82) is 0 Å². The number of rotatable bonds is 8. The maximum atomic E-state index is 12.8. The summed E-state index contributed by atoms with van der Waals surface area (Å²) >= 11 is 0. The van der Waals surface area contributed by atoms with Crippen LogP contribution in [-0.2, 0) is 11.3 Å². The van der Waals surface area contributed by atoms with Gasteiger partial charge in [-0.15, -0.1) is 0 Å². The summed E-state index contributed by atoms with van der Waals surface area (Å²) in [5.74, 6) is -0.238. The van der Waals surface area contributed by atoms with E-state index in [9.17, 15) is 9.59 Å². The third-order valence-electron chi connectivity index (χ3n) is 5.64. The van der Waals surface area contributed by atoms with E-state index in [0.717, 1.165) is 25.2 Å². The number of likely N-dealkylation sites (N-methyl/N-ethyl adjacent to an activating group) is 1. The molecule has 1 aliphatic heterocycles. The lowest BCUT2D eigenvalue weighted by Gasteiger charge is -2.23. The predicted molar refractivity (Wildman–Crippen MR) is 133 cm³/mol. The van der Waals surface area contributed by atoms with Crippen LogP contribution in [0.25, 0.3) is 0 Å². The molecule has 0 bridgehead atoms. The standard InChI is InChI=1S/C26H36N4O3/c1-5-30-16-8-9-21(30)18-27-17-19-12-14-20(15-13-19)24(31)28-22-10-6-7-11-23(22)29-25(32)33-26(2,3)4/h6-7,10-15,21,27H,5,8-9,16-18H2,1-4H3,(H,28,31)(H,29,32). The molecule has 1 aliphatic rings. The number of para-hydroxylation sites is 2. The Labute approximate surface area is 196 Å². The van der Waals surface area contributed by atoms with Crippen molar-refractivity contribution in [3.8, 4) is 0 Å². The zero-order valence-electron chi connectivity index (χ0n) is 20.1. The molecule has 0 aliphatic carbocycles. The zero-order chi connectivity index (χ0) is 23.8. The Morgan fingerprint density at radius 1 is 1.03 bits per heavy atom. The maximum absolute atomic E-state index is 12.8. The summed E-state index contributed by atoms with van der Waals surface area (Å²) in [6.07, 6.45) is 1.96. The van der Waals surface area contributed by atoms with Crippen molar-refractivity contribution in [2.45, 2.75) is 58.7 Å². The van der Waals surface area contributed by atoms with Crippen molar-refractivity contribution in [2.24, 2.45) is 0 Å². The zero-order valence-corrected chi connectivity index (χ0v) is 20.1. The number of nitrogens with one attached hydrogen (secondary N) is 3. The lowest BCUT2D eigenvalue weighted by Crippen LogP contribution is -2.37. The van der Waals surface area contributed by atoms with E-state index in [0.29, 0.717) is 23.0 Å². The first-order valence-corrected chi connectivity index (χ1v) is 11.7. The molecule has 1 fully saturated rings. The largest absolute Gasteiger partial charge is 0.444 e. The predicted octanol–water partition coefficient (Wildman–Crippen LogP) is 4.86. The highest BCUT2D eigenvalue weighted by Crippen LogP contribution is 2.23. The molecule has 7 heteroatoms. The van der Waals surface area contributed by atoms with Gasteiger partial charge in [0.25, 0.3) is 5.91 Å². The molecule has 1 heterocycles. The average Bonchev–Trinajstić information content (AvgIpc) is 3.22. The normalized spacial score (nSPS) is 16.4. The summed E-state index contributed by atoms with van der Waals surface area (Å²) in [5, 5.41) is 9.12. The van der Waals surface area contributed by atoms with Crippen LogP contribution >= 0.6 is 0 Å². The van der Waals surface area contributed by atoms with E-state index in [2.05, 4.69) is 27.8 Å². The minimum absolute atomic E-state index is 0.238. The minimum Gasteiger partial charge on any atom is -0.444 e. The number of carbonyl (C=O) groups is 2. The molecule has 1 atom stereocenters. The molecule has 3 N–H and O–H groups in total. The Morgan fingerprint density at radius 2 is 1.70 bits per heavy atom. The number of likely N-dealkylation sites (tertiary alicyclic amines) is 1. The molecule has 0 saturated carbocycles. The van der Waals surface area contributed by atoms with Crippen LogP contribution in [0.4, 0.5) is 16.2 Å². The fourth-order valence-electron chi connectivity index (χ4n) is 4.01. The van der Waals surface area contributed by atoms with Gasteiger partial charge in [-0.2, -0.15) is 0 Å². The Bertz CT molecular complexity index is 937. The number of carbonyl (C=O) groups excluding carboxylic acids is 2. The molecule has 2 aromatic rings. The van der Waals surface area contributed by atoms with E-state index >= 15 is 0 Å². The van der Waals surface area contributed by atoms with E-state index < -0.39 is 11.7 Å². The van der Waals surface area contributed by atoms with Gasteiger partial charge in [0.1, 0.15) is 5.60 Å². The highest BCUT2D eigenvalue weighted by atomic mass is 16.6. The smallest absolute Gasteiger partial charge is 0.412 e. The van der Waals surface area contributed by atoms with Crippen molar-refractivity contribution in [1.82, 2.24) is 10.2 Å². The molecular formula is C26H36N4O3. The summed E-state index contributed by atoms with van der Waals surface area (Å²) in [5.41, 5.74) is 2.08. The molecule has 178 valence electrons. The maximum Gasteiger partial charge on any atom is 0.412 e. The van der Waals surface area contributed by atoms with E-state index in [1.807, 2.05) is 24.3 Å². The minimum atomic E-state index is -0.606. The Hall–Kier alpha value is -2.90. The summed E-state index contributed by atoms with van der Waals surface area (Å²) in [6, 6.07) is 15.3. The van der Waals surface area contributed by atoms with Crippen LogP contribution in [0.1, 0.15) is 56.5 Å². The molecule has 3 rings (SSSR count). The van der Waals surface area contributed by atoms with Crippen LogP contribution in [0.15, 0.2) is 48.5 Å². The van der Waals surface area contributed by atoms with E-state index in [4.69, 9.17) is 4.74 Å². The summed E-state index contributed by atoms with van der Waals surface area (Å²) in [4.78, 5) is 27.4. The van der Waals surface area contributed by atoms with Gasteiger partial charge in [0, 0.05) is 24.7 Å². The molecule has 7 nitrogen and oxygen atoms in total. The van der Waals surface area contributed by atoms with Gasteiger partial charge in [-0.3, -0.25) is 15.0 Å². The van der Waals surface area contributed by atoms with Crippen molar-refractivity contribution in [3.63, 3.8) is 0 Å². The number of anilines is 2. The monoisotopic (exact) mass is 452 g/mol. The lowest BCUT2D eigenvalue weighted by molar-refractivity contribution is 0.0635. The van der Waals surface area contributed by atoms with Crippen molar-refractivity contribution in [2.75, 3.05) is 30.3 Å². The molecule has 0 spiro atoms. The highest BCUT2D eigenvalue weighted by molar-refractivity contribution is 6.06. The van der Waals surface area contributed by atoms with E-state index in [1.165, 1.54) is 19.4 Å². The quantitative estimate of drug-likeness (QED) is 0.533. The van der Waals surface area contributed by atoms with E-state index in [1.54, 1.807) is 45.0 Å². The molecule has 33 heavy (non-hydrogen) atoms. The fourth-order valence-corrected chi connectivity index (χ4v) is 4.01. The highest BCUT2D eigenvalue weighted by Gasteiger charge is 2.22. The summed E-state index contributed by atoms with van der Waals surface area (Å²) in [6.45, 7) is 11.7. The number of ether oxygens (including phenoxy) is 1. The van der Waals surface area contributed by atoms with Crippen LogP contribution in [0, 0.1) is 0 Å². The average molecular weight is 453 g/mol. The van der Waals surface area contributed by atoms with Gasteiger partial charge in [-0.25, -0.2) is 4.79 Å². The van der Waals surface area contributed by atoms with Crippen LogP contribution < -0.4 is 16.0 Å². The van der Waals surface area contributed by atoms with Crippen LogP contribution in [0.3, 0.4) is 0 Å². The Kier molecular flexibility index (Phi) is 8.47. The third kappa shape index (κ3) is 7.58. The van der Waals surface area contributed by atoms with Gasteiger partial charge in [-0.1, -0.05) is 31.2 Å². The van der Waals surface area contributed by atoms with Crippen molar-refractivity contribution >= 4 is 23.4 Å². The second-order valence-electron chi connectivity index (χ2n) is 9.38. The fraction of sp³-hybridized carbons (Fsp3) is 0.462. The van der Waals surface area contributed by atoms with Crippen LogP contribution in [0.2, 0.25) is 0 Å². The van der Waals surface area contributed by atoms with E-state index in [-0.39, 0.29) is 5.91 Å². The first-order valence-electron chi connectivity index (χ1n) is 11.7. The van der Waals surface area contributed by atoms with Crippen molar-refractivity contribution in [3.05, 3.63) is 59.7 Å². The second-order valence-corrected chi connectivity index (χ2v) is 9.38. The number of nitrogens with zero attached hydrogens (tertiary/aromatic N) is 1. The van der Waals surface area contributed by atoms with Gasteiger partial charge in [0.15, 0.2) is 0 Å². The molecule has 1 saturated heterocycles. The summed E-state index contributed by atoms with van der Waals surface area (Å²) < 4.78 is 5.30. The number of amides is 2. The Morgan fingerprint density at radius 3 is 2.33 bits per heavy atom. The molecular weight excluding hydrogens is 416 g/mol. The lowest BCUT2D eigenvalue weighted by atomic mass is 10.1. The molecule has 0 radical (unpaired) electrons. The number of benzene rings is 2. The molecule has 1 unspecified atom stereocenters. The number of hydrogen-bond acceptors (Lipinski definition) is 5. The van der Waals surface area contributed by atoms with Gasteiger partial charge < -0.3 is 15.4 Å². The van der Waals surface area contributed by atoms with Gasteiger partial charge in [0.05, 0.1) is 11.4 Å². The van der Waals surface area contributed by atoms with Gasteiger partial charge in [0.2, 0.25) is 0 Å². The molecule has 2 amide bonds. The SMILES string of the molecule is CCN1CCCC1CNCc1ccc(C(=O)Nc2ccccc2NC(=O)OC(C)(C)C)cc1. The summed E-state index contributed by atoms with van der Waals surface area (Å²) in [7, 11) is 0. The molecule has 2 aromatic carbocycles. The van der Waals surface area contributed by atoms with Gasteiger partial charge in [-0.05, 0) is 76.5 Å². The first kappa shape index (κ1) is 24.7. The van der Waals surface area contributed by atoms with Crippen LogP contribution in [-0.4, -0.2) is 48.2 Å². The first-order chi connectivity index (χ1) is 15.7.